The predicted octanol–water partition coefficient (Wildman–Crippen LogP) is 4.40. The summed E-state index contributed by atoms with van der Waals surface area (Å²) in [4.78, 5) is 11.7. The van der Waals surface area contributed by atoms with Crippen molar-refractivity contribution in [2.45, 2.75) is 19.2 Å². The molecule has 114 valence electrons. The molecule has 0 fully saturated rings. The zero-order chi connectivity index (χ0) is 15.8. The van der Waals surface area contributed by atoms with E-state index in [1.165, 1.54) is 6.08 Å². The number of alkyl halides is 4. The maximum absolute atomic E-state index is 13.1. The van der Waals surface area contributed by atoms with E-state index in [1.54, 1.807) is 41.6 Å². The van der Waals surface area contributed by atoms with Gasteiger partial charge < -0.3 is 9.47 Å². The van der Waals surface area contributed by atoms with Crippen LogP contribution >= 0.6 is 38.5 Å². The van der Waals surface area contributed by atoms with Crippen molar-refractivity contribution in [3.63, 3.8) is 0 Å². The van der Waals surface area contributed by atoms with E-state index in [4.69, 9.17) is 4.74 Å². The lowest BCUT2D eigenvalue weighted by Crippen LogP contribution is -2.41. The highest BCUT2D eigenvalue weighted by atomic mass is 127. The summed E-state index contributed by atoms with van der Waals surface area (Å²) < 4.78 is 49.7. The molecule has 0 radical (unpaired) electrons. The number of halogens is 5. The van der Waals surface area contributed by atoms with Gasteiger partial charge in [-0.05, 0) is 53.3 Å². The molecule has 0 saturated heterocycles. The number of benzene rings is 1. The van der Waals surface area contributed by atoms with E-state index in [9.17, 15) is 18.0 Å². The highest BCUT2D eigenvalue weighted by Crippen LogP contribution is 2.40. The van der Waals surface area contributed by atoms with Crippen molar-refractivity contribution < 1.29 is 27.4 Å². The van der Waals surface area contributed by atoms with Gasteiger partial charge in [0.25, 0.3) is 0 Å². The lowest BCUT2D eigenvalue weighted by atomic mass is 9.99. The predicted molar refractivity (Wildman–Crippen MR) is 82.3 cm³/mol. The number of hydrogen-bond acceptors (Lipinski definition) is 3. The number of fused-ring (bicyclic) bond motifs is 1. The molecule has 0 amide bonds. The summed E-state index contributed by atoms with van der Waals surface area (Å²) >= 11 is 5.00. The lowest BCUT2D eigenvalue weighted by Gasteiger charge is -2.28. The Morgan fingerprint density at radius 3 is 2.71 bits per heavy atom. The van der Waals surface area contributed by atoms with Gasteiger partial charge in [0.05, 0.1) is 5.57 Å². The molecular weight excluding hydrogens is 468 g/mol. The summed E-state index contributed by atoms with van der Waals surface area (Å²) in [6.07, 6.45) is -5.85. The molecule has 1 aliphatic rings. The first-order valence-electron chi connectivity index (χ1n) is 5.72. The second-order valence-electron chi connectivity index (χ2n) is 4.32. The highest BCUT2D eigenvalue weighted by molar-refractivity contribution is 14.1. The minimum absolute atomic E-state index is 0.0388. The van der Waals surface area contributed by atoms with Crippen molar-refractivity contribution in [3.05, 3.63) is 33.3 Å². The molecule has 0 saturated carbocycles. The molecule has 1 heterocycles. The summed E-state index contributed by atoms with van der Waals surface area (Å²) in [7, 11) is 0. The van der Waals surface area contributed by atoms with Gasteiger partial charge in [-0.15, -0.1) is 0 Å². The summed E-state index contributed by atoms with van der Waals surface area (Å²) in [6, 6.07) is 3.24. The molecule has 21 heavy (non-hydrogen) atoms. The third-order valence-corrected chi connectivity index (χ3v) is 3.59. The average Bonchev–Trinajstić information content (AvgIpc) is 2.36. The van der Waals surface area contributed by atoms with Gasteiger partial charge in [-0.3, -0.25) is 0 Å². The van der Waals surface area contributed by atoms with Gasteiger partial charge in [0.2, 0.25) is 6.10 Å². The van der Waals surface area contributed by atoms with Crippen LogP contribution in [0, 0.1) is 6.92 Å². The molecule has 0 aromatic heterocycles. The molecule has 0 bridgehead atoms. The Bertz CT molecular complexity index is 613. The van der Waals surface area contributed by atoms with Crippen LogP contribution in [0.4, 0.5) is 13.2 Å². The Hall–Kier alpha value is -0.770. The molecule has 0 aliphatic carbocycles. The second-order valence-corrected chi connectivity index (χ2v) is 5.86. The Morgan fingerprint density at radius 1 is 1.48 bits per heavy atom. The quantitative estimate of drug-likeness (QED) is 0.360. The van der Waals surface area contributed by atoms with Crippen molar-refractivity contribution >= 4 is 50.6 Å². The summed E-state index contributed by atoms with van der Waals surface area (Å²) in [5, 5.41) is 0. The van der Waals surface area contributed by atoms with Crippen LogP contribution < -0.4 is 4.74 Å². The number of rotatable bonds is 2. The highest BCUT2D eigenvalue weighted by Gasteiger charge is 2.49. The second kappa shape index (κ2) is 6.15. The maximum atomic E-state index is 13.1. The van der Waals surface area contributed by atoms with Crippen LogP contribution in [0.5, 0.6) is 5.75 Å². The fourth-order valence-electron chi connectivity index (χ4n) is 1.99. The van der Waals surface area contributed by atoms with Gasteiger partial charge in [0.15, 0.2) is 0 Å². The molecule has 3 nitrogen and oxygen atoms in total. The van der Waals surface area contributed by atoms with Crippen LogP contribution in [0.3, 0.4) is 0 Å². The minimum atomic E-state index is -4.70. The van der Waals surface area contributed by atoms with E-state index < -0.39 is 23.8 Å². The zero-order valence-corrected chi connectivity index (χ0v) is 14.4. The SMILES string of the molecule is Cc1cc(Br)cc2c1O[C@H](C(F)(F)F)C(C(=O)OCI)=C2. The van der Waals surface area contributed by atoms with Gasteiger partial charge in [-0.2, -0.15) is 13.2 Å². The van der Waals surface area contributed by atoms with Crippen LogP contribution in [0.15, 0.2) is 22.2 Å². The van der Waals surface area contributed by atoms with E-state index in [0.717, 1.165) is 0 Å². The Morgan fingerprint density at radius 2 is 2.14 bits per heavy atom. The fourth-order valence-corrected chi connectivity index (χ4v) is 2.86. The van der Waals surface area contributed by atoms with Crippen LogP contribution in [-0.4, -0.2) is 22.9 Å². The number of esters is 1. The van der Waals surface area contributed by atoms with Gasteiger partial charge >= 0.3 is 12.1 Å². The van der Waals surface area contributed by atoms with Crippen molar-refractivity contribution in [1.29, 1.82) is 0 Å². The van der Waals surface area contributed by atoms with Gasteiger partial charge in [-0.1, -0.05) is 15.9 Å². The van der Waals surface area contributed by atoms with E-state index >= 15 is 0 Å². The first-order valence-corrected chi connectivity index (χ1v) is 8.04. The molecule has 0 unspecified atom stereocenters. The van der Waals surface area contributed by atoms with E-state index in [1.807, 2.05) is 0 Å². The molecule has 1 atom stereocenters. The lowest BCUT2D eigenvalue weighted by molar-refractivity contribution is -0.187. The van der Waals surface area contributed by atoms with Crippen molar-refractivity contribution in [2.24, 2.45) is 0 Å². The number of ether oxygens (including phenoxy) is 2. The standard InChI is InChI=1S/C13H9BrF3IO3/c1-6-2-8(14)3-7-4-9(12(19)20-5-18)11(13(15,16)17)21-10(6)7/h2-4,11H,5H2,1H3/t11-/m0/s1. The number of aryl methyl sites for hydroxylation is 1. The van der Waals surface area contributed by atoms with E-state index in [-0.39, 0.29) is 10.4 Å². The van der Waals surface area contributed by atoms with Crippen LogP contribution in [0.25, 0.3) is 6.08 Å². The number of hydrogen-bond donors (Lipinski definition) is 0. The van der Waals surface area contributed by atoms with Gasteiger partial charge in [0, 0.05) is 10.0 Å². The van der Waals surface area contributed by atoms with Crippen molar-refractivity contribution in [3.8, 4) is 5.75 Å². The van der Waals surface area contributed by atoms with E-state index in [2.05, 4.69) is 20.7 Å². The molecular formula is C13H9BrF3IO3. The first kappa shape index (κ1) is 16.6. The topological polar surface area (TPSA) is 35.5 Å². The van der Waals surface area contributed by atoms with Crippen molar-refractivity contribution in [1.82, 2.24) is 0 Å². The Labute approximate surface area is 140 Å². The third kappa shape index (κ3) is 3.53. The zero-order valence-electron chi connectivity index (χ0n) is 10.6. The third-order valence-electron chi connectivity index (χ3n) is 2.82. The normalized spacial score (nSPS) is 17.6. The molecule has 8 heteroatoms. The van der Waals surface area contributed by atoms with Crippen LogP contribution in [-0.2, 0) is 9.53 Å². The van der Waals surface area contributed by atoms with Gasteiger partial charge in [-0.25, -0.2) is 4.79 Å². The average molecular weight is 477 g/mol. The summed E-state index contributed by atoms with van der Waals surface area (Å²) in [5.41, 5.74) is 0.401. The van der Waals surface area contributed by atoms with Gasteiger partial charge in [0.1, 0.15) is 10.4 Å². The first-order chi connectivity index (χ1) is 9.74. The molecule has 1 aromatic rings. The monoisotopic (exact) mass is 476 g/mol. The largest absolute Gasteiger partial charge is 0.475 e. The maximum Gasteiger partial charge on any atom is 0.430 e. The van der Waals surface area contributed by atoms with Crippen LogP contribution in [0.2, 0.25) is 0 Å². The summed E-state index contributed by atoms with van der Waals surface area (Å²) in [5.74, 6) is -0.915. The van der Waals surface area contributed by atoms with Crippen LogP contribution in [0.1, 0.15) is 11.1 Å². The smallest absolute Gasteiger partial charge is 0.430 e. The molecule has 0 spiro atoms. The Balaban J connectivity index is 2.55. The number of carbonyl (C=O) groups is 1. The summed E-state index contributed by atoms with van der Waals surface area (Å²) in [6.45, 7) is 1.64. The fraction of sp³-hybridized carbons (Fsp3) is 0.308. The van der Waals surface area contributed by atoms with E-state index in [0.29, 0.717) is 15.6 Å². The Kier molecular flexibility index (Phi) is 4.86. The van der Waals surface area contributed by atoms with Crippen molar-refractivity contribution in [2.75, 3.05) is 4.61 Å². The molecule has 2 rings (SSSR count). The number of carbonyl (C=O) groups excluding carboxylic acids is 1. The minimum Gasteiger partial charge on any atom is -0.475 e. The molecule has 1 aromatic carbocycles. The molecule has 1 aliphatic heterocycles. The molecule has 0 N–H and O–H groups in total.